The molecule has 1 aliphatic heterocycles. The van der Waals surface area contributed by atoms with Crippen LogP contribution < -0.4 is 10.9 Å². The van der Waals surface area contributed by atoms with Gasteiger partial charge < -0.3 is 5.32 Å². The van der Waals surface area contributed by atoms with E-state index >= 15 is 0 Å². The van der Waals surface area contributed by atoms with Gasteiger partial charge in [0.1, 0.15) is 12.0 Å². The number of pyridine rings is 1. The number of aryl methyl sites for hydroxylation is 2. The molecule has 1 atom stereocenters. The maximum Gasteiger partial charge on any atom is 0.259 e. The van der Waals surface area contributed by atoms with Gasteiger partial charge in [0.05, 0.1) is 5.69 Å². The molecular formula is C20H22N6O2. The first-order valence-corrected chi connectivity index (χ1v) is 9.41. The van der Waals surface area contributed by atoms with E-state index in [1.807, 2.05) is 19.1 Å². The highest BCUT2D eigenvalue weighted by Gasteiger charge is 2.24. The van der Waals surface area contributed by atoms with Crippen molar-refractivity contribution >= 4 is 11.6 Å². The number of anilines is 1. The molecule has 3 aromatic rings. The highest BCUT2D eigenvalue weighted by molar-refractivity contribution is 5.98. The fourth-order valence-electron chi connectivity index (χ4n) is 3.53. The first-order chi connectivity index (χ1) is 13.5. The van der Waals surface area contributed by atoms with E-state index in [2.05, 4.69) is 20.4 Å². The quantitative estimate of drug-likeness (QED) is 0.701. The number of carbonyl (C=O) groups excluding carboxylic acids is 1. The minimum absolute atomic E-state index is 0.0812. The van der Waals surface area contributed by atoms with Crippen LogP contribution in [0, 0.1) is 5.92 Å². The second kappa shape index (κ2) is 7.38. The molecule has 2 bridgehead atoms. The Bertz CT molecular complexity index is 1080. The second-order valence-corrected chi connectivity index (χ2v) is 7.13. The highest BCUT2D eigenvalue weighted by Crippen LogP contribution is 2.33. The normalized spacial score (nSPS) is 17.2. The number of nitrogens with one attached hydrogen (secondary N) is 1. The summed E-state index contributed by atoms with van der Waals surface area (Å²) in [5.74, 6) is 0.131. The largest absolute Gasteiger partial charge is 0.321 e. The van der Waals surface area contributed by atoms with E-state index in [-0.39, 0.29) is 17.4 Å². The third-order valence-corrected chi connectivity index (χ3v) is 5.09. The van der Waals surface area contributed by atoms with Crippen LogP contribution >= 0.6 is 0 Å². The zero-order valence-corrected chi connectivity index (χ0v) is 15.9. The average molecular weight is 378 g/mol. The van der Waals surface area contributed by atoms with Gasteiger partial charge in [0.25, 0.3) is 5.56 Å². The van der Waals surface area contributed by atoms with Crippen LogP contribution in [0.25, 0.3) is 17.1 Å². The van der Waals surface area contributed by atoms with E-state index in [1.165, 1.54) is 23.2 Å². The molecule has 4 heterocycles. The average Bonchev–Trinajstić information content (AvgIpc) is 3.00. The van der Waals surface area contributed by atoms with Gasteiger partial charge in [0, 0.05) is 42.7 Å². The minimum Gasteiger partial charge on any atom is -0.321 e. The topological polar surface area (TPSA) is 94.7 Å². The maximum atomic E-state index is 12.8. The lowest BCUT2D eigenvalue weighted by atomic mass is 9.99. The standard InChI is InChI=1S/C20H22N6O2/c1-13-5-3-4-6-15-11-14(7-10-22-15)18-17(23-20(13)28)19(24-25(18)2)26-12-21-9-8-16(26)27/h7-13H,3-6H2,1-2H3,(H,23,28). The Morgan fingerprint density at radius 1 is 1.18 bits per heavy atom. The van der Waals surface area contributed by atoms with Crippen molar-refractivity contribution < 1.29 is 4.79 Å². The number of rotatable bonds is 1. The van der Waals surface area contributed by atoms with Crippen molar-refractivity contribution in [1.82, 2.24) is 24.3 Å². The lowest BCUT2D eigenvalue weighted by Crippen LogP contribution is -2.23. The van der Waals surface area contributed by atoms with Crippen molar-refractivity contribution in [1.29, 1.82) is 0 Å². The van der Waals surface area contributed by atoms with Crippen molar-refractivity contribution in [3.8, 4) is 17.1 Å². The molecule has 1 unspecified atom stereocenters. The third kappa shape index (κ3) is 3.33. The fraction of sp³-hybridized carbons (Fsp3) is 0.350. The molecule has 0 fully saturated rings. The van der Waals surface area contributed by atoms with Crippen LogP contribution in [0.5, 0.6) is 0 Å². The number of aromatic nitrogens is 5. The predicted molar refractivity (Wildman–Crippen MR) is 105 cm³/mol. The minimum atomic E-state index is -0.264. The van der Waals surface area contributed by atoms with Gasteiger partial charge in [0.15, 0.2) is 5.82 Å². The molecule has 0 saturated carbocycles. The van der Waals surface area contributed by atoms with E-state index in [4.69, 9.17) is 0 Å². The van der Waals surface area contributed by atoms with Gasteiger partial charge in [0.2, 0.25) is 5.91 Å². The van der Waals surface area contributed by atoms with Gasteiger partial charge in [-0.15, -0.1) is 0 Å². The molecule has 0 spiro atoms. The number of amides is 1. The van der Waals surface area contributed by atoms with Crippen LogP contribution in [-0.2, 0) is 18.3 Å². The van der Waals surface area contributed by atoms with Crippen molar-refractivity contribution in [3.05, 3.63) is 53.0 Å². The summed E-state index contributed by atoms with van der Waals surface area (Å²) in [6, 6.07) is 5.28. The summed E-state index contributed by atoms with van der Waals surface area (Å²) in [6.07, 6.45) is 8.22. The molecule has 3 aromatic heterocycles. The number of carbonyl (C=O) groups is 1. The van der Waals surface area contributed by atoms with Gasteiger partial charge in [-0.2, -0.15) is 5.10 Å². The van der Waals surface area contributed by atoms with Crippen molar-refractivity contribution in [2.75, 3.05) is 5.32 Å². The van der Waals surface area contributed by atoms with E-state index in [0.29, 0.717) is 11.5 Å². The predicted octanol–water partition coefficient (Wildman–Crippen LogP) is 2.33. The molecular weight excluding hydrogens is 356 g/mol. The molecule has 1 amide bonds. The summed E-state index contributed by atoms with van der Waals surface area (Å²) in [5.41, 5.74) is 2.87. The molecule has 0 aromatic carbocycles. The molecule has 1 N–H and O–H groups in total. The molecule has 0 saturated heterocycles. The lowest BCUT2D eigenvalue weighted by molar-refractivity contribution is -0.119. The Labute approximate surface area is 162 Å². The van der Waals surface area contributed by atoms with Crippen LogP contribution in [0.15, 0.2) is 41.7 Å². The Kier molecular flexibility index (Phi) is 4.77. The van der Waals surface area contributed by atoms with Gasteiger partial charge in [-0.3, -0.25) is 19.3 Å². The van der Waals surface area contributed by atoms with E-state index < -0.39 is 0 Å². The number of nitrogens with zero attached hydrogens (tertiary/aromatic N) is 5. The Morgan fingerprint density at radius 3 is 2.86 bits per heavy atom. The Morgan fingerprint density at radius 2 is 2.04 bits per heavy atom. The van der Waals surface area contributed by atoms with Crippen LogP contribution in [-0.4, -0.2) is 30.2 Å². The second-order valence-electron chi connectivity index (χ2n) is 7.13. The monoisotopic (exact) mass is 378 g/mol. The SMILES string of the molecule is CC1CCCCc2cc(ccn2)-c2c(c(-n3cnccc3=O)nn2C)NC1=O. The Hall–Kier alpha value is -3.29. The van der Waals surface area contributed by atoms with Gasteiger partial charge in [-0.05, 0) is 31.4 Å². The van der Waals surface area contributed by atoms with Gasteiger partial charge in [-0.25, -0.2) is 9.55 Å². The lowest BCUT2D eigenvalue weighted by Gasteiger charge is -2.16. The summed E-state index contributed by atoms with van der Waals surface area (Å²) in [7, 11) is 1.80. The van der Waals surface area contributed by atoms with Crippen molar-refractivity contribution in [2.24, 2.45) is 13.0 Å². The highest BCUT2D eigenvalue weighted by atomic mass is 16.2. The van der Waals surface area contributed by atoms with Gasteiger partial charge >= 0.3 is 0 Å². The summed E-state index contributed by atoms with van der Waals surface area (Å²) in [5, 5.41) is 7.55. The van der Waals surface area contributed by atoms with Crippen molar-refractivity contribution in [3.63, 3.8) is 0 Å². The number of hydrogen-bond acceptors (Lipinski definition) is 5. The van der Waals surface area contributed by atoms with Crippen molar-refractivity contribution in [2.45, 2.75) is 32.6 Å². The molecule has 28 heavy (non-hydrogen) atoms. The first kappa shape index (κ1) is 18.1. The molecule has 0 radical (unpaired) electrons. The molecule has 144 valence electrons. The Balaban J connectivity index is 1.95. The van der Waals surface area contributed by atoms with Crippen LogP contribution in [0.3, 0.4) is 0 Å². The van der Waals surface area contributed by atoms with E-state index in [1.54, 1.807) is 17.9 Å². The smallest absolute Gasteiger partial charge is 0.259 e. The molecule has 8 nitrogen and oxygen atoms in total. The molecule has 0 aliphatic carbocycles. The first-order valence-electron chi connectivity index (χ1n) is 9.41. The zero-order valence-electron chi connectivity index (χ0n) is 15.9. The summed E-state index contributed by atoms with van der Waals surface area (Å²) in [6.45, 7) is 1.92. The maximum absolute atomic E-state index is 12.8. The van der Waals surface area contributed by atoms with E-state index in [0.717, 1.165) is 42.6 Å². The van der Waals surface area contributed by atoms with Crippen LogP contribution in [0.4, 0.5) is 5.69 Å². The van der Waals surface area contributed by atoms with Gasteiger partial charge in [-0.1, -0.05) is 13.3 Å². The molecule has 8 heteroatoms. The van der Waals surface area contributed by atoms with Crippen LogP contribution in [0.2, 0.25) is 0 Å². The third-order valence-electron chi connectivity index (χ3n) is 5.09. The summed E-state index contributed by atoms with van der Waals surface area (Å²) in [4.78, 5) is 33.7. The fourth-order valence-corrected chi connectivity index (χ4v) is 3.53. The molecule has 4 rings (SSSR count). The number of fused-ring (bicyclic) bond motifs is 4. The van der Waals surface area contributed by atoms with E-state index in [9.17, 15) is 9.59 Å². The number of hydrogen-bond donors (Lipinski definition) is 1. The summed E-state index contributed by atoms with van der Waals surface area (Å²) >= 11 is 0. The summed E-state index contributed by atoms with van der Waals surface area (Å²) < 4.78 is 3.03. The molecule has 1 aliphatic rings. The zero-order chi connectivity index (χ0) is 19.7. The van der Waals surface area contributed by atoms with Crippen LogP contribution in [0.1, 0.15) is 31.9 Å².